The Morgan fingerprint density at radius 3 is 1.84 bits per heavy atom. The monoisotopic (exact) mass is 597 g/mol. The highest BCUT2D eigenvalue weighted by Crippen LogP contribution is 2.42. The summed E-state index contributed by atoms with van der Waals surface area (Å²) in [6, 6.07) is 1.49. The molecule has 0 aliphatic heterocycles. The molecule has 0 aliphatic carbocycles. The van der Waals surface area contributed by atoms with Crippen molar-refractivity contribution < 1.29 is 80.3 Å². The number of rotatable bonds is 11. The number of carbonyl (C=O) groups is 2. The standard InChI is InChI=1S/C18H14F11NO7S/c1-9(19)12(31)37-15(17(25,26)27,13(32)30-11-5-3-10(4-6-11)16(22,23)24)36-8-2-7-14(20,21)18(28,29)38(33,34)35/h3-6H,1-2,7-8H2,(H,30,32)(H,33,34,35). The fourth-order valence-corrected chi connectivity index (χ4v) is 2.88. The van der Waals surface area contributed by atoms with E-state index in [2.05, 4.69) is 16.1 Å². The summed E-state index contributed by atoms with van der Waals surface area (Å²) in [6.07, 6.45) is -15.0. The van der Waals surface area contributed by atoms with Crippen LogP contribution in [0.3, 0.4) is 0 Å². The fraction of sp³-hybridized carbons (Fsp3) is 0.444. The number of nitrogens with one attached hydrogen (secondary N) is 1. The molecule has 216 valence electrons. The predicted octanol–water partition coefficient (Wildman–Crippen LogP) is 4.84. The lowest BCUT2D eigenvalue weighted by Crippen LogP contribution is -2.60. The second-order valence-electron chi connectivity index (χ2n) is 7.09. The Kier molecular flexibility index (Phi) is 9.57. The Bertz CT molecular complexity index is 1150. The van der Waals surface area contributed by atoms with Crippen molar-refractivity contribution >= 4 is 27.7 Å². The predicted molar refractivity (Wildman–Crippen MR) is 102 cm³/mol. The van der Waals surface area contributed by atoms with Crippen molar-refractivity contribution in [3.8, 4) is 0 Å². The summed E-state index contributed by atoms with van der Waals surface area (Å²) >= 11 is 0. The minimum Gasteiger partial charge on any atom is -0.410 e. The summed E-state index contributed by atoms with van der Waals surface area (Å²) in [5.41, 5.74) is -2.11. The van der Waals surface area contributed by atoms with Crippen molar-refractivity contribution in [2.45, 2.75) is 42.2 Å². The summed E-state index contributed by atoms with van der Waals surface area (Å²) in [4.78, 5) is 23.9. The maximum atomic E-state index is 13.8. The molecule has 0 saturated carbocycles. The van der Waals surface area contributed by atoms with E-state index in [4.69, 9.17) is 4.55 Å². The van der Waals surface area contributed by atoms with Crippen molar-refractivity contribution in [1.29, 1.82) is 0 Å². The molecule has 20 heteroatoms. The number of anilines is 1. The number of carbonyl (C=O) groups excluding carboxylic acids is 2. The largest absolute Gasteiger partial charge is 0.466 e. The van der Waals surface area contributed by atoms with Gasteiger partial charge >= 0.3 is 51.3 Å². The molecule has 1 aromatic rings. The lowest BCUT2D eigenvalue weighted by atomic mass is 10.1. The number of alkyl halides is 10. The molecule has 0 spiro atoms. The van der Waals surface area contributed by atoms with E-state index in [0.29, 0.717) is 24.3 Å². The second-order valence-corrected chi connectivity index (χ2v) is 8.55. The van der Waals surface area contributed by atoms with Gasteiger partial charge in [0.15, 0.2) is 0 Å². The summed E-state index contributed by atoms with van der Waals surface area (Å²) in [6.45, 7) is 0.494. The first-order chi connectivity index (χ1) is 16.9. The van der Waals surface area contributed by atoms with Crippen LogP contribution in [-0.2, 0) is 35.4 Å². The Morgan fingerprint density at radius 2 is 1.45 bits per heavy atom. The Hall–Kier alpha value is -3.00. The zero-order valence-corrected chi connectivity index (χ0v) is 18.9. The zero-order valence-electron chi connectivity index (χ0n) is 18.1. The minimum absolute atomic E-state index is 0.304. The molecular weight excluding hydrogens is 583 g/mol. The lowest BCUT2D eigenvalue weighted by Gasteiger charge is -2.33. The van der Waals surface area contributed by atoms with E-state index in [9.17, 15) is 66.3 Å². The minimum atomic E-state index is -6.69. The summed E-state index contributed by atoms with van der Waals surface area (Å²) in [5, 5.41) is -4.75. The van der Waals surface area contributed by atoms with Crippen LogP contribution in [-0.4, -0.2) is 54.6 Å². The smallest absolute Gasteiger partial charge is 0.410 e. The highest BCUT2D eigenvalue weighted by Gasteiger charge is 2.67. The molecule has 1 atom stereocenters. The molecule has 8 nitrogen and oxygen atoms in total. The van der Waals surface area contributed by atoms with Gasteiger partial charge in [0, 0.05) is 12.1 Å². The van der Waals surface area contributed by atoms with Gasteiger partial charge in [0.2, 0.25) is 5.83 Å². The van der Waals surface area contributed by atoms with Gasteiger partial charge in [0.05, 0.1) is 12.2 Å². The number of ether oxygens (including phenoxy) is 2. The average molecular weight is 597 g/mol. The molecule has 1 amide bonds. The highest BCUT2D eigenvalue weighted by molar-refractivity contribution is 7.87. The van der Waals surface area contributed by atoms with Crippen LogP contribution >= 0.6 is 0 Å². The number of hydrogen-bond donors (Lipinski definition) is 2. The Balaban J connectivity index is 3.29. The van der Waals surface area contributed by atoms with Crippen LogP contribution in [0.25, 0.3) is 0 Å². The SMILES string of the molecule is C=C(F)C(=O)OC(OCCCC(F)(F)C(F)(F)S(=O)(=O)O)(C(=O)Nc1ccc(C(F)(F)F)cc1)C(F)(F)F. The molecule has 0 heterocycles. The second kappa shape index (κ2) is 11.0. The molecule has 38 heavy (non-hydrogen) atoms. The normalized spacial score (nSPS) is 14.9. The van der Waals surface area contributed by atoms with E-state index < -0.39 is 87.8 Å². The molecule has 1 unspecified atom stereocenters. The third-order valence-electron chi connectivity index (χ3n) is 4.29. The molecule has 0 aromatic heterocycles. The third kappa shape index (κ3) is 7.31. The van der Waals surface area contributed by atoms with Gasteiger partial charge in [-0.15, -0.1) is 0 Å². The van der Waals surface area contributed by atoms with E-state index in [1.807, 2.05) is 0 Å². The van der Waals surface area contributed by atoms with Crippen LogP contribution in [0.5, 0.6) is 0 Å². The lowest BCUT2D eigenvalue weighted by molar-refractivity contribution is -0.345. The molecule has 0 radical (unpaired) electrons. The fourth-order valence-electron chi connectivity index (χ4n) is 2.40. The van der Waals surface area contributed by atoms with E-state index in [0.717, 1.165) is 0 Å². The van der Waals surface area contributed by atoms with Crippen LogP contribution in [0, 0.1) is 0 Å². The first-order valence-corrected chi connectivity index (χ1v) is 10.8. The Labute approximate surface area is 205 Å². The van der Waals surface area contributed by atoms with Crippen molar-refractivity contribution in [3.05, 3.63) is 42.2 Å². The summed E-state index contributed by atoms with van der Waals surface area (Å²) in [7, 11) is -6.69. The van der Waals surface area contributed by atoms with Crippen LogP contribution in [0.2, 0.25) is 0 Å². The average Bonchev–Trinajstić information content (AvgIpc) is 2.73. The van der Waals surface area contributed by atoms with Crippen LogP contribution in [0.1, 0.15) is 18.4 Å². The third-order valence-corrected chi connectivity index (χ3v) is 5.24. The summed E-state index contributed by atoms with van der Waals surface area (Å²) < 4.78 is 183. The maximum Gasteiger partial charge on any atom is 0.466 e. The van der Waals surface area contributed by atoms with Gasteiger partial charge in [0.25, 0.3) is 0 Å². The molecule has 0 fully saturated rings. The molecule has 1 rings (SSSR count). The topological polar surface area (TPSA) is 119 Å². The number of benzene rings is 1. The molecule has 1 aromatic carbocycles. The van der Waals surface area contributed by atoms with Gasteiger partial charge in [-0.1, -0.05) is 6.58 Å². The zero-order chi connectivity index (χ0) is 30.0. The first kappa shape index (κ1) is 33.0. The van der Waals surface area contributed by atoms with Crippen molar-refractivity contribution in [3.63, 3.8) is 0 Å². The Morgan fingerprint density at radius 1 is 0.947 bits per heavy atom. The number of amides is 1. The van der Waals surface area contributed by atoms with E-state index in [1.165, 1.54) is 5.32 Å². The van der Waals surface area contributed by atoms with Crippen LogP contribution in [0.15, 0.2) is 36.7 Å². The van der Waals surface area contributed by atoms with E-state index >= 15 is 0 Å². The quantitative estimate of drug-likeness (QED) is 0.0936. The molecular formula is C18H14F11NO7S. The first-order valence-electron chi connectivity index (χ1n) is 9.39. The molecule has 0 bridgehead atoms. The summed E-state index contributed by atoms with van der Waals surface area (Å²) in [5.74, 6) is -17.9. The number of hydrogen-bond acceptors (Lipinski definition) is 6. The molecule has 2 N–H and O–H groups in total. The molecule has 0 aliphatic rings. The number of halogens is 11. The highest BCUT2D eigenvalue weighted by atomic mass is 32.2. The van der Waals surface area contributed by atoms with Gasteiger partial charge in [-0.05, 0) is 30.7 Å². The number of esters is 1. The van der Waals surface area contributed by atoms with Crippen LogP contribution in [0.4, 0.5) is 54.0 Å². The maximum absolute atomic E-state index is 13.8. The van der Waals surface area contributed by atoms with Gasteiger partial charge < -0.3 is 14.8 Å². The van der Waals surface area contributed by atoms with Gasteiger partial charge in [0.1, 0.15) is 0 Å². The van der Waals surface area contributed by atoms with Crippen molar-refractivity contribution in [2.24, 2.45) is 0 Å². The van der Waals surface area contributed by atoms with Crippen molar-refractivity contribution in [2.75, 3.05) is 11.9 Å². The van der Waals surface area contributed by atoms with E-state index in [1.54, 1.807) is 0 Å². The molecule has 0 saturated heterocycles. The van der Waals surface area contributed by atoms with Gasteiger partial charge in [-0.3, -0.25) is 9.35 Å². The van der Waals surface area contributed by atoms with Crippen molar-refractivity contribution in [1.82, 2.24) is 0 Å². The van der Waals surface area contributed by atoms with Gasteiger partial charge in [-0.2, -0.15) is 56.7 Å². The van der Waals surface area contributed by atoms with Gasteiger partial charge in [-0.25, -0.2) is 4.79 Å². The van der Waals surface area contributed by atoms with Crippen LogP contribution < -0.4 is 5.32 Å². The van der Waals surface area contributed by atoms with E-state index in [-0.39, 0.29) is 0 Å².